The van der Waals surface area contributed by atoms with Crippen molar-refractivity contribution in [3.8, 4) is 0 Å². The van der Waals surface area contributed by atoms with Crippen molar-refractivity contribution in [1.29, 1.82) is 0 Å². The van der Waals surface area contributed by atoms with E-state index in [0.717, 1.165) is 0 Å². The molecule has 0 bridgehead atoms. The van der Waals surface area contributed by atoms with Crippen LogP contribution in [0, 0.1) is 5.92 Å². The van der Waals surface area contributed by atoms with Crippen molar-refractivity contribution >= 4 is 40.7 Å². The number of hydrogen-bond donors (Lipinski definition) is 1. The van der Waals surface area contributed by atoms with Gasteiger partial charge in [0.15, 0.2) is 0 Å². The molecule has 4 nitrogen and oxygen atoms in total. The Kier molecular flexibility index (Phi) is 6.30. The molecule has 2 amide bonds. The third-order valence-corrected chi connectivity index (χ3v) is 3.31. The number of hydrogen-bond acceptors (Lipinski definition) is 2. The van der Waals surface area contributed by atoms with Crippen molar-refractivity contribution in [3.05, 3.63) is 28.2 Å². The Morgan fingerprint density at radius 1 is 1.25 bits per heavy atom. The van der Waals surface area contributed by atoms with E-state index in [-0.39, 0.29) is 18.4 Å². The van der Waals surface area contributed by atoms with Crippen molar-refractivity contribution in [2.75, 3.05) is 18.4 Å². The van der Waals surface area contributed by atoms with Crippen molar-refractivity contribution in [3.63, 3.8) is 0 Å². The van der Waals surface area contributed by atoms with Gasteiger partial charge in [0, 0.05) is 19.2 Å². The third kappa shape index (κ3) is 5.39. The van der Waals surface area contributed by atoms with Gasteiger partial charge in [-0.15, -0.1) is 0 Å². The molecule has 0 saturated carbocycles. The lowest BCUT2D eigenvalue weighted by atomic mass is 10.2. The maximum Gasteiger partial charge on any atom is 0.243 e. The van der Waals surface area contributed by atoms with Crippen LogP contribution in [0.2, 0.25) is 10.0 Å². The molecule has 0 aromatic heterocycles. The Morgan fingerprint density at radius 3 is 2.40 bits per heavy atom. The van der Waals surface area contributed by atoms with Gasteiger partial charge in [0.1, 0.15) is 0 Å². The molecule has 0 heterocycles. The molecule has 20 heavy (non-hydrogen) atoms. The Bertz CT molecular complexity index is 504. The highest BCUT2D eigenvalue weighted by Gasteiger charge is 2.15. The van der Waals surface area contributed by atoms with Crippen LogP contribution < -0.4 is 5.32 Å². The number of amides is 2. The number of benzene rings is 1. The van der Waals surface area contributed by atoms with Crippen LogP contribution in [-0.2, 0) is 9.59 Å². The van der Waals surface area contributed by atoms with Crippen LogP contribution in [0.15, 0.2) is 18.2 Å². The van der Waals surface area contributed by atoms with Crippen molar-refractivity contribution < 1.29 is 9.59 Å². The van der Waals surface area contributed by atoms with Crippen LogP contribution in [0.5, 0.6) is 0 Å². The molecule has 0 atom stereocenters. The van der Waals surface area contributed by atoms with E-state index in [2.05, 4.69) is 5.32 Å². The van der Waals surface area contributed by atoms with Gasteiger partial charge in [-0.05, 0) is 24.1 Å². The molecule has 0 unspecified atom stereocenters. The van der Waals surface area contributed by atoms with Gasteiger partial charge in [-0.1, -0.05) is 37.0 Å². The molecule has 0 aliphatic rings. The normalized spacial score (nSPS) is 10.5. The van der Waals surface area contributed by atoms with E-state index in [0.29, 0.717) is 28.2 Å². The summed E-state index contributed by atoms with van der Waals surface area (Å²) < 4.78 is 0. The lowest BCUT2D eigenvalue weighted by Crippen LogP contribution is -2.38. The average molecular weight is 317 g/mol. The van der Waals surface area contributed by atoms with Crippen molar-refractivity contribution in [2.24, 2.45) is 5.92 Å². The van der Waals surface area contributed by atoms with Gasteiger partial charge in [-0.25, -0.2) is 0 Å². The zero-order valence-electron chi connectivity index (χ0n) is 11.7. The lowest BCUT2D eigenvalue weighted by Gasteiger charge is -2.22. The smallest absolute Gasteiger partial charge is 0.243 e. The molecular weight excluding hydrogens is 299 g/mol. The summed E-state index contributed by atoms with van der Waals surface area (Å²) in [6.45, 7) is 6.01. The van der Waals surface area contributed by atoms with Gasteiger partial charge < -0.3 is 10.2 Å². The molecule has 1 N–H and O–H groups in total. The maximum absolute atomic E-state index is 11.9. The Hall–Kier alpha value is -1.26. The summed E-state index contributed by atoms with van der Waals surface area (Å²) in [5, 5.41) is 3.49. The van der Waals surface area contributed by atoms with Crippen LogP contribution >= 0.6 is 23.2 Å². The topological polar surface area (TPSA) is 49.4 Å². The number of anilines is 1. The monoisotopic (exact) mass is 316 g/mol. The first-order valence-corrected chi connectivity index (χ1v) is 7.05. The SMILES string of the molecule is CC(=O)N(CC(=O)Nc1ccc(Cl)c(Cl)c1)CC(C)C. The van der Waals surface area contributed by atoms with Crippen molar-refractivity contribution in [1.82, 2.24) is 4.90 Å². The molecule has 0 radical (unpaired) electrons. The molecule has 0 aliphatic heterocycles. The largest absolute Gasteiger partial charge is 0.333 e. The van der Waals surface area contributed by atoms with Crippen LogP contribution in [0.25, 0.3) is 0 Å². The number of nitrogens with one attached hydrogen (secondary N) is 1. The lowest BCUT2D eigenvalue weighted by molar-refractivity contribution is -0.133. The Morgan fingerprint density at radius 2 is 1.90 bits per heavy atom. The predicted octanol–water partition coefficient (Wildman–Crippen LogP) is 3.44. The first kappa shape index (κ1) is 16.8. The van der Waals surface area contributed by atoms with E-state index in [9.17, 15) is 9.59 Å². The molecule has 1 aromatic rings. The quantitative estimate of drug-likeness (QED) is 0.904. The summed E-state index contributed by atoms with van der Waals surface area (Å²) in [7, 11) is 0. The average Bonchev–Trinajstić information content (AvgIpc) is 2.32. The minimum Gasteiger partial charge on any atom is -0.333 e. The van der Waals surface area contributed by atoms with Crippen LogP contribution in [0.4, 0.5) is 5.69 Å². The zero-order chi connectivity index (χ0) is 15.3. The molecule has 0 fully saturated rings. The fourth-order valence-electron chi connectivity index (χ4n) is 1.69. The molecule has 0 spiro atoms. The minimum absolute atomic E-state index is 0.0216. The highest BCUT2D eigenvalue weighted by molar-refractivity contribution is 6.42. The molecule has 1 aromatic carbocycles. The second-order valence-electron chi connectivity index (χ2n) is 4.97. The van der Waals surface area contributed by atoms with E-state index < -0.39 is 0 Å². The highest BCUT2D eigenvalue weighted by Crippen LogP contribution is 2.24. The first-order chi connectivity index (χ1) is 9.29. The highest BCUT2D eigenvalue weighted by atomic mass is 35.5. The molecule has 0 aliphatic carbocycles. The fourth-order valence-corrected chi connectivity index (χ4v) is 1.99. The van der Waals surface area contributed by atoms with E-state index in [4.69, 9.17) is 23.2 Å². The predicted molar refractivity (Wildman–Crippen MR) is 82.2 cm³/mol. The summed E-state index contributed by atoms with van der Waals surface area (Å²) in [6, 6.07) is 4.84. The van der Waals surface area contributed by atoms with Gasteiger partial charge in [0.2, 0.25) is 11.8 Å². The summed E-state index contributed by atoms with van der Waals surface area (Å²) >= 11 is 11.7. The number of rotatable bonds is 5. The van der Waals surface area contributed by atoms with Crippen LogP contribution in [-0.4, -0.2) is 29.8 Å². The van der Waals surface area contributed by atoms with Crippen molar-refractivity contribution in [2.45, 2.75) is 20.8 Å². The minimum atomic E-state index is -0.265. The van der Waals surface area contributed by atoms with Crippen LogP contribution in [0.1, 0.15) is 20.8 Å². The molecular formula is C14H18Cl2N2O2. The van der Waals surface area contributed by atoms with Gasteiger partial charge in [0.05, 0.1) is 16.6 Å². The van der Waals surface area contributed by atoms with Gasteiger partial charge in [-0.2, -0.15) is 0 Å². The van der Waals surface area contributed by atoms with Gasteiger partial charge in [-0.3, -0.25) is 9.59 Å². The summed E-state index contributed by atoms with van der Waals surface area (Å²) in [5.74, 6) is -0.0843. The summed E-state index contributed by atoms with van der Waals surface area (Å²) in [6.07, 6.45) is 0. The Labute approximate surface area is 129 Å². The van der Waals surface area contributed by atoms with Gasteiger partial charge >= 0.3 is 0 Å². The van der Waals surface area contributed by atoms with E-state index in [1.165, 1.54) is 11.8 Å². The maximum atomic E-state index is 11.9. The first-order valence-electron chi connectivity index (χ1n) is 6.30. The van der Waals surface area contributed by atoms with Crippen LogP contribution in [0.3, 0.4) is 0 Å². The number of carbonyl (C=O) groups is 2. The number of halogens is 2. The summed E-state index contributed by atoms with van der Waals surface area (Å²) in [4.78, 5) is 24.9. The molecule has 110 valence electrons. The second kappa shape index (κ2) is 7.50. The van der Waals surface area contributed by atoms with E-state index in [1.54, 1.807) is 18.2 Å². The standard InChI is InChI=1S/C14H18Cl2N2O2/c1-9(2)7-18(10(3)19)8-14(20)17-11-4-5-12(15)13(16)6-11/h4-6,9H,7-8H2,1-3H3,(H,17,20). The number of carbonyl (C=O) groups excluding carboxylic acids is 2. The summed E-state index contributed by atoms with van der Waals surface area (Å²) in [5.41, 5.74) is 0.553. The van der Waals surface area contributed by atoms with Gasteiger partial charge in [0.25, 0.3) is 0 Å². The second-order valence-corrected chi connectivity index (χ2v) is 5.78. The fraction of sp³-hybridized carbons (Fsp3) is 0.429. The zero-order valence-corrected chi connectivity index (χ0v) is 13.3. The molecule has 1 rings (SSSR count). The molecule has 6 heteroatoms. The van der Waals surface area contributed by atoms with E-state index in [1.807, 2.05) is 13.8 Å². The molecule has 0 saturated heterocycles. The number of nitrogens with zero attached hydrogens (tertiary/aromatic N) is 1. The third-order valence-electron chi connectivity index (χ3n) is 2.57. The van der Waals surface area contributed by atoms with E-state index >= 15 is 0 Å². The Balaban J connectivity index is 2.65.